The van der Waals surface area contributed by atoms with Crippen LogP contribution in [0.1, 0.15) is 51.7 Å². The second-order valence-corrected chi connectivity index (χ2v) is 5.68. The molecular formula is C13H22N2O3S. The first-order valence-corrected chi connectivity index (χ1v) is 7.82. The molecule has 6 heteroatoms. The van der Waals surface area contributed by atoms with E-state index in [0.717, 1.165) is 12.2 Å². The summed E-state index contributed by atoms with van der Waals surface area (Å²) in [4.78, 5) is 16.2. The molecule has 1 aromatic heterocycles. The van der Waals surface area contributed by atoms with Gasteiger partial charge in [-0.25, -0.2) is 0 Å². The van der Waals surface area contributed by atoms with Crippen LogP contribution in [0.15, 0.2) is 4.52 Å². The van der Waals surface area contributed by atoms with E-state index in [0.29, 0.717) is 24.1 Å². The molecule has 0 radical (unpaired) electrons. The summed E-state index contributed by atoms with van der Waals surface area (Å²) in [6.07, 6.45) is 1.12. The number of thioether (sulfide) groups is 1. The summed E-state index contributed by atoms with van der Waals surface area (Å²) in [6, 6.07) is 0. The number of aromatic nitrogens is 2. The van der Waals surface area contributed by atoms with Gasteiger partial charge < -0.3 is 9.26 Å². The van der Waals surface area contributed by atoms with Gasteiger partial charge in [0.1, 0.15) is 5.92 Å². The van der Waals surface area contributed by atoms with Crippen molar-refractivity contribution in [3.05, 3.63) is 11.7 Å². The zero-order valence-corrected chi connectivity index (χ0v) is 12.8. The largest absolute Gasteiger partial charge is 0.465 e. The van der Waals surface area contributed by atoms with E-state index in [1.165, 1.54) is 0 Å². The predicted molar refractivity (Wildman–Crippen MR) is 75.0 cm³/mol. The highest BCUT2D eigenvalue weighted by molar-refractivity contribution is 7.98. The molecule has 0 saturated heterocycles. The predicted octanol–water partition coefficient (Wildman–Crippen LogP) is 3.02. The minimum absolute atomic E-state index is 0.0654. The Labute approximate surface area is 118 Å². The number of esters is 1. The van der Waals surface area contributed by atoms with Crippen LogP contribution in [-0.4, -0.2) is 28.5 Å². The Morgan fingerprint density at radius 1 is 1.42 bits per heavy atom. The fourth-order valence-electron chi connectivity index (χ4n) is 1.65. The summed E-state index contributed by atoms with van der Waals surface area (Å²) in [5.74, 6) is 2.08. The Morgan fingerprint density at radius 2 is 2.16 bits per heavy atom. The van der Waals surface area contributed by atoms with E-state index < -0.39 is 5.92 Å². The quantitative estimate of drug-likeness (QED) is 0.540. The minimum atomic E-state index is -0.475. The first kappa shape index (κ1) is 16.0. The molecule has 1 aromatic rings. The highest BCUT2D eigenvalue weighted by atomic mass is 32.2. The van der Waals surface area contributed by atoms with E-state index in [2.05, 4.69) is 17.1 Å². The molecule has 5 nitrogen and oxygen atoms in total. The molecule has 1 unspecified atom stereocenters. The van der Waals surface area contributed by atoms with Crippen LogP contribution in [0.5, 0.6) is 0 Å². The number of nitrogens with zero attached hydrogens (tertiary/aromatic N) is 2. The minimum Gasteiger partial charge on any atom is -0.465 e. The van der Waals surface area contributed by atoms with Crippen molar-refractivity contribution in [1.82, 2.24) is 10.1 Å². The first-order valence-electron chi connectivity index (χ1n) is 6.66. The highest BCUT2D eigenvalue weighted by Crippen LogP contribution is 2.25. The summed E-state index contributed by atoms with van der Waals surface area (Å²) < 4.78 is 10.3. The van der Waals surface area contributed by atoms with Gasteiger partial charge in [0.05, 0.1) is 12.4 Å². The monoisotopic (exact) mass is 286 g/mol. The van der Waals surface area contributed by atoms with Crippen LogP contribution in [0.3, 0.4) is 0 Å². The molecule has 0 aliphatic rings. The van der Waals surface area contributed by atoms with E-state index in [-0.39, 0.29) is 11.9 Å². The molecule has 0 aromatic carbocycles. The van der Waals surface area contributed by atoms with E-state index in [9.17, 15) is 4.79 Å². The van der Waals surface area contributed by atoms with Gasteiger partial charge in [-0.05, 0) is 25.0 Å². The Morgan fingerprint density at radius 3 is 2.74 bits per heavy atom. The number of carbonyl (C=O) groups is 1. The van der Waals surface area contributed by atoms with Crippen molar-refractivity contribution < 1.29 is 14.1 Å². The van der Waals surface area contributed by atoms with Crippen LogP contribution in [0.25, 0.3) is 0 Å². The Balaban J connectivity index is 2.72. The Hall–Kier alpha value is -1.04. The molecule has 0 aliphatic heterocycles. The number of hydrogen-bond donors (Lipinski definition) is 0. The van der Waals surface area contributed by atoms with Crippen LogP contribution >= 0.6 is 11.8 Å². The van der Waals surface area contributed by atoms with E-state index in [1.54, 1.807) is 18.7 Å². The molecule has 0 N–H and O–H groups in total. The van der Waals surface area contributed by atoms with Crippen LogP contribution in [0, 0.1) is 5.92 Å². The van der Waals surface area contributed by atoms with Gasteiger partial charge in [-0.1, -0.05) is 25.9 Å². The van der Waals surface area contributed by atoms with Gasteiger partial charge in [0.25, 0.3) is 0 Å². The van der Waals surface area contributed by atoms with Gasteiger partial charge in [0.15, 0.2) is 5.82 Å². The van der Waals surface area contributed by atoms with E-state index >= 15 is 0 Å². The average Bonchev–Trinajstić information content (AvgIpc) is 2.78. The average molecular weight is 286 g/mol. The molecule has 19 heavy (non-hydrogen) atoms. The topological polar surface area (TPSA) is 65.2 Å². The SMILES string of the molecule is CCCSCc1noc(C(C(=O)OCC)C(C)C)n1. The zero-order valence-electron chi connectivity index (χ0n) is 12.0. The third-order valence-corrected chi connectivity index (χ3v) is 3.70. The van der Waals surface area contributed by atoms with Crippen molar-refractivity contribution in [3.8, 4) is 0 Å². The summed E-state index contributed by atoms with van der Waals surface area (Å²) in [6.45, 7) is 8.16. The lowest BCUT2D eigenvalue weighted by atomic mass is 9.96. The molecule has 1 heterocycles. The van der Waals surface area contributed by atoms with E-state index in [4.69, 9.17) is 9.26 Å². The van der Waals surface area contributed by atoms with Crippen molar-refractivity contribution in [2.45, 2.75) is 45.8 Å². The molecule has 0 saturated carbocycles. The van der Waals surface area contributed by atoms with Gasteiger partial charge in [0, 0.05) is 0 Å². The fourth-order valence-corrected chi connectivity index (χ4v) is 2.38. The zero-order chi connectivity index (χ0) is 14.3. The molecule has 0 fully saturated rings. The molecule has 108 valence electrons. The fraction of sp³-hybridized carbons (Fsp3) is 0.769. The number of ether oxygens (including phenoxy) is 1. The van der Waals surface area contributed by atoms with Gasteiger partial charge in [-0.2, -0.15) is 16.7 Å². The smallest absolute Gasteiger partial charge is 0.318 e. The van der Waals surface area contributed by atoms with Gasteiger partial charge in [0.2, 0.25) is 5.89 Å². The molecule has 1 rings (SSSR count). The van der Waals surface area contributed by atoms with Crippen molar-refractivity contribution in [1.29, 1.82) is 0 Å². The third kappa shape index (κ3) is 4.86. The lowest BCUT2D eigenvalue weighted by molar-refractivity contribution is -0.146. The standard InChI is InChI=1S/C13H22N2O3S/c1-5-7-19-8-10-14-12(18-15-10)11(9(3)4)13(16)17-6-2/h9,11H,5-8H2,1-4H3. The van der Waals surface area contributed by atoms with Crippen molar-refractivity contribution >= 4 is 17.7 Å². The Bertz CT molecular complexity index is 393. The number of hydrogen-bond acceptors (Lipinski definition) is 6. The highest BCUT2D eigenvalue weighted by Gasteiger charge is 2.31. The van der Waals surface area contributed by atoms with Crippen LogP contribution in [-0.2, 0) is 15.3 Å². The summed E-state index contributed by atoms with van der Waals surface area (Å²) in [7, 11) is 0. The normalized spacial score (nSPS) is 12.7. The second kappa shape index (κ2) is 8.19. The van der Waals surface area contributed by atoms with Crippen LogP contribution < -0.4 is 0 Å². The summed E-state index contributed by atoms with van der Waals surface area (Å²) in [5, 5.41) is 3.92. The van der Waals surface area contributed by atoms with Gasteiger partial charge in [-0.15, -0.1) is 0 Å². The lowest BCUT2D eigenvalue weighted by Gasteiger charge is -2.14. The second-order valence-electron chi connectivity index (χ2n) is 4.58. The molecule has 0 aliphatic carbocycles. The van der Waals surface area contributed by atoms with E-state index in [1.807, 2.05) is 13.8 Å². The number of rotatable bonds is 8. The molecule has 1 atom stereocenters. The molecular weight excluding hydrogens is 264 g/mol. The molecule has 0 bridgehead atoms. The van der Waals surface area contributed by atoms with Crippen molar-refractivity contribution in [2.75, 3.05) is 12.4 Å². The maximum Gasteiger partial charge on any atom is 0.318 e. The van der Waals surface area contributed by atoms with Gasteiger partial charge in [-0.3, -0.25) is 4.79 Å². The summed E-state index contributed by atoms with van der Waals surface area (Å²) in [5.41, 5.74) is 0. The first-order chi connectivity index (χ1) is 9.10. The summed E-state index contributed by atoms with van der Waals surface area (Å²) >= 11 is 1.76. The van der Waals surface area contributed by atoms with Crippen LogP contribution in [0.2, 0.25) is 0 Å². The maximum absolute atomic E-state index is 11.9. The van der Waals surface area contributed by atoms with Gasteiger partial charge >= 0.3 is 5.97 Å². The molecule has 0 spiro atoms. The lowest BCUT2D eigenvalue weighted by Crippen LogP contribution is -2.21. The Kier molecular flexibility index (Phi) is 6.91. The maximum atomic E-state index is 11.9. The van der Waals surface area contributed by atoms with Crippen LogP contribution in [0.4, 0.5) is 0 Å². The molecule has 0 amide bonds. The number of carbonyl (C=O) groups excluding carboxylic acids is 1. The van der Waals surface area contributed by atoms with Crippen molar-refractivity contribution in [3.63, 3.8) is 0 Å². The third-order valence-electron chi connectivity index (χ3n) is 2.54. The van der Waals surface area contributed by atoms with Crippen molar-refractivity contribution in [2.24, 2.45) is 5.92 Å².